The number of hydrogen-bond acceptors (Lipinski definition) is 8. The molecule has 0 aromatic heterocycles. The highest BCUT2D eigenvalue weighted by Crippen LogP contribution is 2.14. The summed E-state index contributed by atoms with van der Waals surface area (Å²) in [6.07, 6.45) is 18.8. The second-order valence-corrected chi connectivity index (χ2v) is 10.6. The van der Waals surface area contributed by atoms with E-state index < -0.39 is 0 Å². The number of esters is 1. The van der Waals surface area contributed by atoms with Crippen molar-refractivity contribution in [1.82, 2.24) is 0 Å². The van der Waals surface area contributed by atoms with E-state index in [9.17, 15) is 4.79 Å². The normalized spacial score (nSPS) is 12.2. The molecular formula is C33H66O8. The van der Waals surface area contributed by atoms with Crippen LogP contribution in [-0.4, -0.2) is 91.9 Å². The predicted molar refractivity (Wildman–Crippen MR) is 166 cm³/mol. The van der Waals surface area contributed by atoms with Gasteiger partial charge in [0.05, 0.1) is 78.6 Å². The predicted octanol–water partition coefficient (Wildman–Crippen LogP) is 7.16. The molecule has 0 saturated carbocycles. The SMILES string of the molecule is CCCCCCCCCCCCCOCCOCCOCCOCCOCCOCCOC(=O)C(CC)CCCC. The van der Waals surface area contributed by atoms with Crippen molar-refractivity contribution in [2.24, 2.45) is 5.92 Å². The molecule has 0 aromatic carbocycles. The van der Waals surface area contributed by atoms with E-state index >= 15 is 0 Å². The van der Waals surface area contributed by atoms with Gasteiger partial charge in [-0.1, -0.05) is 97.8 Å². The van der Waals surface area contributed by atoms with Crippen molar-refractivity contribution in [3.63, 3.8) is 0 Å². The molecule has 0 bridgehead atoms. The Balaban J connectivity index is 3.15. The number of unbranched alkanes of at least 4 members (excludes halogenated alkanes) is 11. The summed E-state index contributed by atoms with van der Waals surface area (Å²) in [6, 6.07) is 0. The maximum absolute atomic E-state index is 12.0. The zero-order valence-corrected chi connectivity index (χ0v) is 27.1. The van der Waals surface area contributed by atoms with Gasteiger partial charge in [0.25, 0.3) is 0 Å². The first-order valence-electron chi connectivity index (χ1n) is 16.9. The van der Waals surface area contributed by atoms with Gasteiger partial charge >= 0.3 is 5.97 Å². The summed E-state index contributed by atoms with van der Waals surface area (Å²) in [5.74, 6) is -0.0972. The summed E-state index contributed by atoms with van der Waals surface area (Å²) in [4.78, 5) is 12.0. The maximum atomic E-state index is 12.0. The highest BCUT2D eigenvalue weighted by atomic mass is 16.6. The molecule has 1 unspecified atom stereocenters. The van der Waals surface area contributed by atoms with E-state index in [1.165, 1.54) is 64.2 Å². The Labute approximate surface area is 252 Å². The van der Waals surface area contributed by atoms with Gasteiger partial charge in [-0.05, 0) is 19.3 Å². The van der Waals surface area contributed by atoms with Crippen molar-refractivity contribution in [2.75, 3.05) is 85.9 Å². The molecule has 8 heteroatoms. The summed E-state index contributed by atoms with van der Waals surface area (Å²) < 4.78 is 38.4. The van der Waals surface area contributed by atoms with Crippen molar-refractivity contribution in [1.29, 1.82) is 0 Å². The van der Waals surface area contributed by atoms with Crippen LogP contribution in [0.4, 0.5) is 0 Å². The van der Waals surface area contributed by atoms with Crippen LogP contribution in [0.5, 0.6) is 0 Å². The Hall–Kier alpha value is -0.770. The van der Waals surface area contributed by atoms with Crippen LogP contribution < -0.4 is 0 Å². The number of ether oxygens (including phenoxy) is 7. The lowest BCUT2D eigenvalue weighted by Gasteiger charge is -2.13. The summed E-state index contributed by atoms with van der Waals surface area (Å²) >= 11 is 0. The van der Waals surface area contributed by atoms with E-state index in [1.807, 2.05) is 6.92 Å². The van der Waals surface area contributed by atoms with E-state index in [0.29, 0.717) is 79.3 Å². The van der Waals surface area contributed by atoms with Gasteiger partial charge in [-0.15, -0.1) is 0 Å². The Morgan fingerprint density at radius 1 is 0.415 bits per heavy atom. The van der Waals surface area contributed by atoms with Crippen LogP contribution in [0, 0.1) is 5.92 Å². The molecule has 0 aromatic rings. The van der Waals surface area contributed by atoms with Crippen LogP contribution in [0.2, 0.25) is 0 Å². The van der Waals surface area contributed by atoms with Crippen LogP contribution in [0.15, 0.2) is 0 Å². The lowest BCUT2D eigenvalue weighted by molar-refractivity contribution is -0.150. The van der Waals surface area contributed by atoms with E-state index in [1.54, 1.807) is 0 Å². The second kappa shape index (κ2) is 35.4. The average molecular weight is 591 g/mol. The van der Waals surface area contributed by atoms with Crippen LogP contribution in [0.1, 0.15) is 117 Å². The fourth-order valence-corrected chi connectivity index (χ4v) is 4.33. The summed E-state index contributed by atoms with van der Waals surface area (Å²) in [6.45, 7) is 13.4. The van der Waals surface area contributed by atoms with E-state index in [2.05, 4.69) is 13.8 Å². The molecule has 0 radical (unpaired) electrons. The topological polar surface area (TPSA) is 81.7 Å². The molecule has 0 N–H and O–H groups in total. The standard InChI is InChI=1S/C33H66O8/c1-4-7-9-10-11-12-13-14-15-16-17-19-35-20-21-36-22-23-37-24-25-38-26-27-39-28-29-40-30-31-41-33(34)32(6-3)18-8-5-2/h32H,4-31H2,1-3H3. The summed E-state index contributed by atoms with van der Waals surface area (Å²) in [7, 11) is 0. The highest BCUT2D eigenvalue weighted by molar-refractivity contribution is 5.72. The third-order valence-electron chi connectivity index (χ3n) is 6.96. The zero-order valence-electron chi connectivity index (χ0n) is 27.1. The Morgan fingerprint density at radius 2 is 0.756 bits per heavy atom. The molecule has 0 amide bonds. The molecule has 0 aliphatic carbocycles. The summed E-state index contributed by atoms with van der Waals surface area (Å²) in [5.41, 5.74) is 0. The largest absolute Gasteiger partial charge is 0.463 e. The van der Waals surface area contributed by atoms with Crippen molar-refractivity contribution in [2.45, 2.75) is 117 Å². The molecule has 0 saturated heterocycles. The van der Waals surface area contributed by atoms with Gasteiger partial charge in [-0.25, -0.2) is 0 Å². The van der Waals surface area contributed by atoms with Gasteiger partial charge in [0, 0.05) is 6.61 Å². The molecule has 8 nitrogen and oxygen atoms in total. The lowest BCUT2D eigenvalue weighted by atomic mass is 10.00. The highest BCUT2D eigenvalue weighted by Gasteiger charge is 2.16. The molecule has 1 atom stereocenters. The quantitative estimate of drug-likeness (QED) is 0.0568. The van der Waals surface area contributed by atoms with Crippen molar-refractivity contribution >= 4 is 5.97 Å². The van der Waals surface area contributed by atoms with E-state index in [0.717, 1.165) is 38.7 Å². The average Bonchev–Trinajstić information content (AvgIpc) is 2.98. The first-order chi connectivity index (χ1) is 20.3. The van der Waals surface area contributed by atoms with Gasteiger partial charge < -0.3 is 33.2 Å². The van der Waals surface area contributed by atoms with Crippen LogP contribution in [0.25, 0.3) is 0 Å². The van der Waals surface area contributed by atoms with Gasteiger partial charge in [0.1, 0.15) is 6.61 Å². The molecule has 246 valence electrons. The minimum atomic E-state index is -0.107. The number of hydrogen-bond donors (Lipinski definition) is 0. The smallest absolute Gasteiger partial charge is 0.308 e. The monoisotopic (exact) mass is 590 g/mol. The molecule has 0 heterocycles. The molecule has 41 heavy (non-hydrogen) atoms. The maximum Gasteiger partial charge on any atom is 0.308 e. The van der Waals surface area contributed by atoms with Crippen LogP contribution >= 0.6 is 0 Å². The Morgan fingerprint density at radius 3 is 1.15 bits per heavy atom. The molecular weight excluding hydrogens is 524 g/mol. The van der Waals surface area contributed by atoms with Crippen LogP contribution in [0.3, 0.4) is 0 Å². The van der Waals surface area contributed by atoms with Crippen molar-refractivity contribution in [3.8, 4) is 0 Å². The number of carbonyl (C=O) groups is 1. The summed E-state index contributed by atoms with van der Waals surface area (Å²) in [5, 5.41) is 0. The van der Waals surface area contributed by atoms with Gasteiger partial charge in [0.15, 0.2) is 0 Å². The lowest BCUT2D eigenvalue weighted by Crippen LogP contribution is -2.20. The van der Waals surface area contributed by atoms with Crippen LogP contribution in [-0.2, 0) is 38.0 Å². The number of rotatable bonds is 35. The van der Waals surface area contributed by atoms with Gasteiger partial charge in [-0.2, -0.15) is 0 Å². The minimum absolute atomic E-state index is 0.00998. The second-order valence-electron chi connectivity index (χ2n) is 10.6. The molecule has 0 aliphatic rings. The third kappa shape index (κ3) is 32.0. The molecule has 0 rings (SSSR count). The van der Waals surface area contributed by atoms with Crippen molar-refractivity contribution in [3.05, 3.63) is 0 Å². The zero-order chi connectivity index (χ0) is 29.9. The minimum Gasteiger partial charge on any atom is -0.463 e. The fourth-order valence-electron chi connectivity index (χ4n) is 4.33. The molecule has 0 spiro atoms. The molecule has 0 aliphatic heterocycles. The van der Waals surface area contributed by atoms with Gasteiger partial charge in [0.2, 0.25) is 0 Å². The van der Waals surface area contributed by atoms with E-state index in [-0.39, 0.29) is 11.9 Å². The fraction of sp³-hybridized carbons (Fsp3) is 0.970. The number of carbonyl (C=O) groups excluding carboxylic acids is 1. The first kappa shape index (κ1) is 40.2. The molecule has 0 fully saturated rings. The van der Waals surface area contributed by atoms with E-state index in [4.69, 9.17) is 33.2 Å². The Bertz CT molecular complexity index is 506. The first-order valence-corrected chi connectivity index (χ1v) is 16.9. The third-order valence-corrected chi connectivity index (χ3v) is 6.96. The van der Waals surface area contributed by atoms with Gasteiger partial charge in [-0.3, -0.25) is 4.79 Å². The Kier molecular flexibility index (Phi) is 34.8. The van der Waals surface area contributed by atoms with Crippen molar-refractivity contribution < 1.29 is 38.0 Å².